The molecule has 2 N–H and O–H groups in total. The van der Waals surface area contributed by atoms with E-state index in [1.54, 1.807) is 13.2 Å². The van der Waals surface area contributed by atoms with Gasteiger partial charge in [-0.2, -0.15) is 0 Å². The molecule has 0 aliphatic carbocycles. The Morgan fingerprint density at radius 2 is 1.61 bits per heavy atom. The van der Waals surface area contributed by atoms with Crippen LogP contribution in [0.1, 0.15) is 57.4 Å². The van der Waals surface area contributed by atoms with Crippen molar-refractivity contribution in [3.05, 3.63) is 65.7 Å². The Labute approximate surface area is 167 Å². The molecule has 0 heterocycles. The maximum atomic E-state index is 12.5. The molecular weight excluding hydrogens is 352 g/mol. The zero-order chi connectivity index (χ0) is 20.7. The predicted molar refractivity (Wildman–Crippen MR) is 112 cm³/mol. The second kappa shape index (κ2) is 9.51. The fraction of sp³-hybridized carbons (Fsp3) is 0.391. The van der Waals surface area contributed by atoms with Crippen molar-refractivity contribution in [1.29, 1.82) is 0 Å². The SMILES string of the molecule is CO[C@H](C)c1cccc(NC(=O)C(=O)N[C@@H](CC(C)(C)C)c2ccccc2)c1. The number of carbonyl (C=O) groups is 2. The largest absolute Gasteiger partial charge is 0.377 e. The summed E-state index contributed by atoms with van der Waals surface area (Å²) in [4.78, 5) is 25.0. The van der Waals surface area contributed by atoms with Crippen LogP contribution in [0, 0.1) is 5.41 Å². The second-order valence-electron chi connectivity index (χ2n) is 8.16. The summed E-state index contributed by atoms with van der Waals surface area (Å²) in [7, 11) is 1.63. The smallest absolute Gasteiger partial charge is 0.313 e. The van der Waals surface area contributed by atoms with Gasteiger partial charge in [0.2, 0.25) is 0 Å². The molecule has 5 heteroatoms. The van der Waals surface area contributed by atoms with E-state index in [1.807, 2.05) is 55.5 Å². The van der Waals surface area contributed by atoms with Crippen molar-refractivity contribution in [2.75, 3.05) is 12.4 Å². The first-order valence-electron chi connectivity index (χ1n) is 9.49. The van der Waals surface area contributed by atoms with Gasteiger partial charge in [-0.05, 0) is 42.0 Å². The molecule has 2 atom stereocenters. The van der Waals surface area contributed by atoms with E-state index in [0.717, 1.165) is 17.5 Å². The molecular formula is C23H30N2O3. The van der Waals surface area contributed by atoms with Crippen LogP contribution < -0.4 is 10.6 Å². The molecule has 0 saturated carbocycles. The summed E-state index contributed by atoms with van der Waals surface area (Å²) in [6.45, 7) is 8.25. The van der Waals surface area contributed by atoms with Gasteiger partial charge >= 0.3 is 11.8 Å². The third kappa shape index (κ3) is 6.50. The molecule has 0 spiro atoms. The van der Waals surface area contributed by atoms with E-state index in [9.17, 15) is 9.59 Å². The molecule has 0 aliphatic rings. The minimum absolute atomic E-state index is 0.00507. The number of hydrogen-bond acceptors (Lipinski definition) is 3. The van der Waals surface area contributed by atoms with Gasteiger partial charge in [-0.15, -0.1) is 0 Å². The van der Waals surface area contributed by atoms with Crippen LogP contribution >= 0.6 is 0 Å². The molecule has 5 nitrogen and oxygen atoms in total. The normalized spacial score (nSPS) is 13.5. The lowest BCUT2D eigenvalue weighted by Gasteiger charge is -2.27. The number of hydrogen-bond donors (Lipinski definition) is 2. The van der Waals surface area contributed by atoms with Crippen LogP contribution in [0.15, 0.2) is 54.6 Å². The summed E-state index contributed by atoms with van der Waals surface area (Å²) in [5.41, 5.74) is 2.47. The van der Waals surface area contributed by atoms with Crippen molar-refractivity contribution in [1.82, 2.24) is 5.32 Å². The minimum Gasteiger partial charge on any atom is -0.377 e. The van der Waals surface area contributed by atoms with Gasteiger partial charge in [0.25, 0.3) is 0 Å². The maximum Gasteiger partial charge on any atom is 0.313 e. The Hall–Kier alpha value is -2.66. The van der Waals surface area contributed by atoms with Gasteiger partial charge in [-0.1, -0.05) is 63.2 Å². The van der Waals surface area contributed by atoms with E-state index in [0.29, 0.717) is 5.69 Å². The maximum absolute atomic E-state index is 12.5. The van der Waals surface area contributed by atoms with Crippen LogP contribution in [0.25, 0.3) is 0 Å². The average Bonchev–Trinajstić information content (AvgIpc) is 2.66. The van der Waals surface area contributed by atoms with E-state index >= 15 is 0 Å². The fourth-order valence-corrected chi connectivity index (χ4v) is 2.97. The monoisotopic (exact) mass is 382 g/mol. The molecule has 2 aromatic carbocycles. The Kier molecular flexibility index (Phi) is 7.35. The van der Waals surface area contributed by atoms with E-state index in [-0.39, 0.29) is 17.6 Å². The third-order valence-corrected chi connectivity index (χ3v) is 4.50. The van der Waals surface area contributed by atoms with E-state index < -0.39 is 11.8 Å². The van der Waals surface area contributed by atoms with Crippen LogP contribution in [0.4, 0.5) is 5.69 Å². The third-order valence-electron chi connectivity index (χ3n) is 4.50. The average molecular weight is 383 g/mol. The zero-order valence-corrected chi connectivity index (χ0v) is 17.3. The van der Waals surface area contributed by atoms with E-state index in [1.165, 1.54) is 0 Å². The number of benzene rings is 2. The lowest BCUT2D eigenvalue weighted by Crippen LogP contribution is -2.39. The lowest BCUT2D eigenvalue weighted by molar-refractivity contribution is -0.136. The molecule has 0 aliphatic heterocycles. The summed E-state index contributed by atoms with van der Waals surface area (Å²) in [6, 6.07) is 16.8. The summed E-state index contributed by atoms with van der Waals surface area (Å²) < 4.78 is 5.30. The first-order valence-corrected chi connectivity index (χ1v) is 9.49. The molecule has 0 saturated heterocycles. The molecule has 2 amide bonds. The highest BCUT2D eigenvalue weighted by Gasteiger charge is 2.24. The summed E-state index contributed by atoms with van der Waals surface area (Å²) in [5.74, 6) is -1.33. The van der Waals surface area contributed by atoms with Crippen molar-refractivity contribution in [3.8, 4) is 0 Å². The van der Waals surface area contributed by atoms with Gasteiger partial charge in [0, 0.05) is 12.8 Å². The zero-order valence-electron chi connectivity index (χ0n) is 17.3. The highest BCUT2D eigenvalue weighted by molar-refractivity contribution is 6.39. The highest BCUT2D eigenvalue weighted by Crippen LogP contribution is 2.29. The van der Waals surface area contributed by atoms with Crippen molar-refractivity contribution in [2.45, 2.75) is 46.3 Å². The van der Waals surface area contributed by atoms with Gasteiger partial charge in [0.15, 0.2) is 0 Å². The number of carbonyl (C=O) groups excluding carboxylic acids is 2. The Morgan fingerprint density at radius 1 is 0.964 bits per heavy atom. The van der Waals surface area contributed by atoms with Crippen molar-refractivity contribution in [2.24, 2.45) is 5.41 Å². The highest BCUT2D eigenvalue weighted by atomic mass is 16.5. The van der Waals surface area contributed by atoms with Crippen LogP contribution in [-0.4, -0.2) is 18.9 Å². The van der Waals surface area contributed by atoms with Gasteiger partial charge in [-0.25, -0.2) is 0 Å². The molecule has 0 unspecified atom stereocenters. The fourth-order valence-electron chi connectivity index (χ4n) is 2.97. The summed E-state index contributed by atoms with van der Waals surface area (Å²) in [5, 5.41) is 5.56. The van der Waals surface area contributed by atoms with Crippen molar-refractivity contribution >= 4 is 17.5 Å². The molecule has 150 valence electrons. The number of anilines is 1. The molecule has 0 aromatic heterocycles. The van der Waals surface area contributed by atoms with Gasteiger partial charge < -0.3 is 15.4 Å². The van der Waals surface area contributed by atoms with E-state index in [2.05, 4.69) is 31.4 Å². The second-order valence-corrected chi connectivity index (χ2v) is 8.16. The number of amides is 2. The molecule has 2 rings (SSSR count). The first-order chi connectivity index (χ1) is 13.2. The minimum atomic E-state index is -0.683. The summed E-state index contributed by atoms with van der Waals surface area (Å²) >= 11 is 0. The molecule has 0 radical (unpaired) electrons. The van der Waals surface area contributed by atoms with Crippen LogP contribution in [0.3, 0.4) is 0 Å². The number of ether oxygens (including phenoxy) is 1. The van der Waals surface area contributed by atoms with Crippen molar-refractivity contribution in [3.63, 3.8) is 0 Å². The molecule has 28 heavy (non-hydrogen) atoms. The van der Waals surface area contributed by atoms with Gasteiger partial charge in [-0.3, -0.25) is 9.59 Å². The summed E-state index contributed by atoms with van der Waals surface area (Å²) in [6.07, 6.45) is 0.622. The predicted octanol–water partition coefficient (Wildman–Crippen LogP) is 4.63. The van der Waals surface area contributed by atoms with Crippen molar-refractivity contribution < 1.29 is 14.3 Å². The van der Waals surface area contributed by atoms with Crippen LogP contribution in [-0.2, 0) is 14.3 Å². The number of methoxy groups -OCH3 is 1. The Bertz CT molecular complexity index is 797. The lowest BCUT2D eigenvalue weighted by atomic mass is 9.85. The quantitative estimate of drug-likeness (QED) is 0.716. The van der Waals surface area contributed by atoms with Gasteiger partial charge in [0.1, 0.15) is 0 Å². The molecule has 0 bridgehead atoms. The number of nitrogens with one attached hydrogen (secondary N) is 2. The first kappa shape index (κ1) is 21.6. The molecule has 0 fully saturated rings. The Morgan fingerprint density at radius 3 is 2.21 bits per heavy atom. The van der Waals surface area contributed by atoms with Gasteiger partial charge in [0.05, 0.1) is 12.1 Å². The topological polar surface area (TPSA) is 67.4 Å². The standard InChI is InChI=1S/C23H30N2O3/c1-16(28-5)18-12-9-13-19(14-18)24-21(26)22(27)25-20(15-23(2,3)4)17-10-7-6-8-11-17/h6-14,16,20H,15H2,1-5H3,(H,24,26)(H,25,27)/t16-,20+/m1/s1. The van der Waals surface area contributed by atoms with Crippen LogP contribution in [0.2, 0.25) is 0 Å². The Balaban J connectivity index is 2.09. The molecule has 2 aromatic rings. The van der Waals surface area contributed by atoms with E-state index in [4.69, 9.17) is 4.74 Å². The number of rotatable bonds is 6. The van der Waals surface area contributed by atoms with Crippen LogP contribution in [0.5, 0.6) is 0 Å².